The van der Waals surface area contributed by atoms with Gasteiger partial charge in [0.05, 0.1) is 11.7 Å². The van der Waals surface area contributed by atoms with Crippen molar-refractivity contribution in [1.82, 2.24) is 0 Å². The van der Waals surface area contributed by atoms with Gasteiger partial charge in [-0.05, 0) is 32.0 Å². The molecule has 2 aliphatic heterocycles. The molecule has 41 heavy (non-hydrogen) atoms. The molecule has 3 heterocycles. The number of Topliss-reactive ketones (excluding diaryl/α,β-unsaturated/α-hetero) is 1. The van der Waals surface area contributed by atoms with Crippen molar-refractivity contribution in [2.45, 2.75) is 69.0 Å². The van der Waals surface area contributed by atoms with E-state index in [0.717, 1.165) is 18.2 Å². The maximum absolute atomic E-state index is 13.1. The van der Waals surface area contributed by atoms with Crippen LogP contribution in [-0.4, -0.2) is 95.7 Å². The number of carbonyl (C=O) groups is 1. The Labute approximate surface area is 230 Å². The Morgan fingerprint density at radius 2 is 1.51 bits per heavy atom. The molecule has 0 aliphatic carbocycles. The molecular weight excluding hydrogens is 548 g/mol. The average molecular weight is 577 g/mol. The van der Waals surface area contributed by atoms with Crippen molar-refractivity contribution < 1.29 is 64.3 Å². The summed E-state index contributed by atoms with van der Waals surface area (Å²) in [5.74, 6) is -3.25. The summed E-state index contributed by atoms with van der Waals surface area (Å²) < 4.78 is 22.5. The van der Waals surface area contributed by atoms with Crippen molar-refractivity contribution in [2.75, 3.05) is 0 Å². The third-order valence-electron chi connectivity index (χ3n) is 7.31. The first-order valence-corrected chi connectivity index (χ1v) is 12.6. The molecule has 14 nitrogen and oxygen atoms in total. The van der Waals surface area contributed by atoms with Crippen molar-refractivity contribution in [3.63, 3.8) is 0 Å². The van der Waals surface area contributed by atoms with E-state index < -0.39 is 100 Å². The maximum Gasteiger partial charge on any atom is 0.197 e. The Hall–Kier alpha value is -3.76. The van der Waals surface area contributed by atoms with Crippen LogP contribution in [-0.2, 0) is 19.0 Å². The van der Waals surface area contributed by atoms with Gasteiger partial charge in [-0.3, -0.25) is 9.59 Å². The van der Waals surface area contributed by atoms with E-state index in [1.807, 2.05) is 0 Å². The second-order valence-corrected chi connectivity index (χ2v) is 10.0. The number of aliphatic hydroxyl groups excluding tert-OH is 4. The number of hydrogen-bond donors (Lipinski definition) is 8. The predicted molar refractivity (Wildman–Crippen MR) is 136 cm³/mol. The van der Waals surface area contributed by atoms with E-state index in [4.69, 9.17) is 18.6 Å². The van der Waals surface area contributed by atoms with E-state index >= 15 is 0 Å². The zero-order chi connectivity index (χ0) is 29.9. The van der Waals surface area contributed by atoms with E-state index in [0.29, 0.717) is 0 Å². The molecule has 0 spiro atoms. The molecular formula is C27H28O14. The van der Waals surface area contributed by atoms with Gasteiger partial charge in [0.15, 0.2) is 29.0 Å². The first-order chi connectivity index (χ1) is 19.3. The number of ketones is 1. The lowest BCUT2D eigenvalue weighted by atomic mass is 9.90. The van der Waals surface area contributed by atoms with Crippen LogP contribution in [0.1, 0.15) is 25.5 Å². The smallest absolute Gasteiger partial charge is 0.197 e. The largest absolute Gasteiger partial charge is 0.507 e. The number of aliphatic hydroxyl groups is 4. The molecule has 3 aromatic rings. The lowest BCUT2D eigenvalue weighted by Crippen LogP contribution is -2.60. The topological polar surface area (TPSA) is 237 Å². The molecule has 14 heteroatoms. The minimum Gasteiger partial charge on any atom is -0.507 e. The predicted octanol–water partition coefficient (Wildman–Crippen LogP) is -0.115. The van der Waals surface area contributed by atoms with Crippen LogP contribution in [0.25, 0.3) is 22.3 Å². The molecule has 0 saturated carbocycles. The summed E-state index contributed by atoms with van der Waals surface area (Å²) >= 11 is 0. The van der Waals surface area contributed by atoms with Gasteiger partial charge in [0.1, 0.15) is 71.0 Å². The normalized spacial score (nSPS) is 32.3. The van der Waals surface area contributed by atoms with Crippen molar-refractivity contribution in [3.8, 4) is 34.3 Å². The van der Waals surface area contributed by atoms with Gasteiger partial charge in [0, 0.05) is 17.7 Å². The Morgan fingerprint density at radius 3 is 2.20 bits per heavy atom. The van der Waals surface area contributed by atoms with Crippen LogP contribution >= 0.6 is 0 Å². The van der Waals surface area contributed by atoms with Crippen LogP contribution in [0.15, 0.2) is 39.5 Å². The van der Waals surface area contributed by atoms with E-state index in [1.54, 1.807) is 0 Å². The van der Waals surface area contributed by atoms with Crippen LogP contribution in [0.4, 0.5) is 0 Å². The maximum atomic E-state index is 13.1. The first kappa shape index (κ1) is 28.8. The number of phenols is 4. The van der Waals surface area contributed by atoms with Crippen molar-refractivity contribution >= 4 is 16.8 Å². The van der Waals surface area contributed by atoms with Gasteiger partial charge in [-0.25, -0.2) is 0 Å². The highest BCUT2D eigenvalue weighted by atomic mass is 16.7. The molecule has 9 atom stereocenters. The van der Waals surface area contributed by atoms with Crippen LogP contribution in [0, 0.1) is 0 Å². The van der Waals surface area contributed by atoms with Crippen LogP contribution in [0.5, 0.6) is 23.0 Å². The number of rotatable bonds is 4. The second-order valence-electron chi connectivity index (χ2n) is 10.0. The first-order valence-electron chi connectivity index (χ1n) is 12.6. The summed E-state index contributed by atoms with van der Waals surface area (Å²) in [7, 11) is 0. The number of ether oxygens (including phenoxy) is 3. The number of hydrogen-bond acceptors (Lipinski definition) is 14. The molecule has 8 N–H and O–H groups in total. The van der Waals surface area contributed by atoms with Gasteiger partial charge in [-0.1, -0.05) is 0 Å². The Bertz CT molecular complexity index is 1550. The Morgan fingerprint density at radius 1 is 0.805 bits per heavy atom. The number of aromatic hydroxyl groups is 4. The molecule has 0 radical (unpaired) electrons. The fourth-order valence-corrected chi connectivity index (χ4v) is 5.00. The highest BCUT2D eigenvalue weighted by Crippen LogP contribution is 2.45. The summed E-state index contributed by atoms with van der Waals surface area (Å²) in [4.78, 5) is 25.7. The molecule has 2 aliphatic rings. The standard InChI is InChI=1S/C27H28O14/c1-8-20(33)23(36)26(41-27-24(37)22(35)19(32)9(2)39-27)25(38-8)18-14(31)7-16-17(21(18)34)13(30)6-15(40-16)10-3-4-11(28)12(29)5-10/h3-9,19,22-29,31-32,34-37H,1-2H3/t8-,9-,19+,22+,23+,24-,25-,26+,27+/m1/s1. The lowest BCUT2D eigenvalue weighted by molar-refractivity contribution is -0.323. The molecule has 0 unspecified atom stereocenters. The molecule has 1 aromatic heterocycles. The van der Waals surface area contributed by atoms with E-state index in [-0.39, 0.29) is 16.9 Å². The second kappa shape index (κ2) is 10.6. The quantitative estimate of drug-likeness (QED) is 0.189. The van der Waals surface area contributed by atoms with Crippen molar-refractivity contribution in [3.05, 3.63) is 46.1 Å². The monoisotopic (exact) mass is 576 g/mol. The molecule has 2 aromatic carbocycles. The summed E-state index contributed by atoms with van der Waals surface area (Å²) in [6.45, 7) is 2.70. The SMILES string of the molecule is C[C@H]1O[C@H](c2c(O)cc3oc(-c4ccc(O)c(O)c4)cc(=O)c3c2O)[C@@H](O[C@@H]2O[C@H](C)[C@H](O)[C@H](O)[C@H]2O)[C@@H](O)C1=O. The average Bonchev–Trinajstić information content (AvgIpc) is 2.92. The molecule has 0 bridgehead atoms. The van der Waals surface area contributed by atoms with E-state index in [1.165, 1.54) is 26.0 Å². The van der Waals surface area contributed by atoms with Gasteiger partial charge in [-0.2, -0.15) is 0 Å². The van der Waals surface area contributed by atoms with Gasteiger partial charge in [0.2, 0.25) is 0 Å². The number of carbonyl (C=O) groups excluding carboxylic acids is 1. The Kier molecular flexibility index (Phi) is 7.42. The number of phenolic OH excluding ortho intramolecular Hbond substituents is 4. The highest BCUT2D eigenvalue weighted by molar-refractivity contribution is 5.90. The Balaban J connectivity index is 1.58. The van der Waals surface area contributed by atoms with Gasteiger partial charge < -0.3 is 59.5 Å². The zero-order valence-corrected chi connectivity index (χ0v) is 21.6. The molecule has 0 amide bonds. The molecule has 2 saturated heterocycles. The minimum atomic E-state index is -1.92. The van der Waals surface area contributed by atoms with Crippen LogP contribution < -0.4 is 5.43 Å². The molecule has 220 valence electrons. The van der Waals surface area contributed by atoms with Crippen molar-refractivity contribution in [1.29, 1.82) is 0 Å². The van der Waals surface area contributed by atoms with E-state index in [2.05, 4.69) is 0 Å². The summed E-state index contributed by atoms with van der Waals surface area (Å²) in [5, 5.41) is 82.5. The highest BCUT2D eigenvalue weighted by Gasteiger charge is 2.50. The fraction of sp³-hybridized carbons (Fsp3) is 0.407. The van der Waals surface area contributed by atoms with Crippen molar-refractivity contribution in [2.24, 2.45) is 0 Å². The van der Waals surface area contributed by atoms with Gasteiger partial charge in [0.25, 0.3) is 0 Å². The molecule has 5 rings (SSSR count). The van der Waals surface area contributed by atoms with Gasteiger partial charge >= 0.3 is 0 Å². The van der Waals surface area contributed by atoms with E-state index in [9.17, 15) is 50.4 Å². The third-order valence-corrected chi connectivity index (χ3v) is 7.31. The molecule has 2 fully saturated rings. The number of fused-ring (bicyclic) bond motifs is 1. The third kappa shape index (κ3) is 4.89. The van der Waals surface area contributed by atoms with Gasteiger partial charge in [-0.15, -0.1) is 0 Å². The van der Waals surface area contributed by atoms with Crippen LogP contribution in [0.2, 0.25) is 0 Å². The minimum absolute atomic E-state index is 0.0626. The fourth-order valence-electron chi connectivity index (χ4n) is 5.00. The summed E-state index contributed by atoms with van der Waals surface area (Å²) in [6, 6.07) is 5.69. The summed E-state index contributed by atoms with van der Waals surface area (Å²) in [5.41, 5.74) is -1.28. The number of benzene rings is 2. The van der Waals surface area contributed by atoms with Crippen LogP contribution in [0.3, 0.4) is 0 Å². The lowest BCUT2D eigenvalue weighted by Gasteiger charge is -2.44. The summed E-state index contributed by atoms with van der Waals surface area (Å²) in [6.07, 6.45) is -14.2. The zero-order valence-electron chi connectivity index (χ0n) is 21.6.